The van der Waals surface area contributed by atoms with Gasteiger partial charge in [0.1, 0.15) is 17.2 Å². The van der Waals surface area contributed by atoms with E-state index in [0.29, 0.717) is 21.3 Å². The van der Waals surface area contributed by atoms with Crippen molar-refractivity contribution in [3.05, 3.63) is 85.7 Å². The fraction of sp³-hybridized carbons (Fsp3) is 0.379. The summed E-state index contributed by atoms with van der Waals surface area (Å²) >= 11 is 12.3. The van der Waals surface area contributed by atoms with Gasteiger partial charge in [-0.15, -0.1) is 0 Å². The molecule has 0 atom stereocenters. The Bertz CT molecular complexity index is 1640. The first-order chi connectivity index (χ1) is 21.3. The number of ketones is 1. The second-order valence-corrected chi connectivity index (χ2v) is 11.6. The molecule has 1 N–H and O–H groups in total. The Morgan fingerprint density at radius 1 is 0.935 bits per heavy atom. The Balaban J connectivity index is 1.77. The Morgan fingerprint density at radius 2 is 1.48 bits per heavy atom. The summed E-state index contributed by atoms with van der Waals surface area (Å²) in [5, 5.41) is 12.6. The van der Waals surface area contributed by atoms with Gasteiger partial charge in [-0.25, -0.2) is 8.78 Å². The molecule has 248 valence electrons. The van der Waals surface area contributed by atoms with Crippen molar-refractivity contribution in [2.75, 3.05) is 6.54 Å². The minimum atomic E-state index is -5.42. The maximum atomic E-state index is 14.5. The number of carbonyl (C=O) groups is 3. The molecule has 1 aromatic heterocycles. The zero-order valence-electron chi connectivity index (χ0n) is 23.6. The maximum Gasteiger partial charge on any atom is 0.433 e. The van der Waals surface area contributed by atoms with Crippen molar-refractivity contribution in [1.29, 1.82) is 0 Å². The smallest absolute Gasteiger partial charge is 0.433 e. The molecular formula is C29H23Cl2F8N3O4. The summed E-state index contributed by atoms with van der Waals surface area (Å²) in [5.74, 6) is -8.46. The molecule has 0 aliphatic heterocycles. The first-order valence-corrected chi connectivity index (χ1v) is 14.3. The van der Waals surface area contributed by atoms with E-state index >= 15 is 0 Å². The van der Waals surface area contributed by atoms with Crippen LogP contribution in [0.3, 0.4) is 0 Å². The molecule has 1 aliphatic carbocycles. The molecule has 1 saturated carbocycles. The van der Waals surface area contributed by atoms with E-state index in [9.17, 15) is 54.6 Å². The number of aryl methyl sites for hydroxylation is 1. The SMILES string of the molecule is Cc1cc(Cl)c(C(=O)CN(Cc2cc(F)c(C(F)(F)F)c(F)c2)C(=O)c2cnn(C3CCC(C(=O)O)CC3)c2C(F)(F)F)c(Cl)c1. The zero-order chi connectivity index (χ0) is 34.3. The van der Waals surface area contributed by atoms with Crippen LogP contribution in [-0.2, 0) is 23.7 Å². The summed E-state index contributed by atoms with van der Waals surface area (Å²) in [6.45, 7) is -0.471. The third-order valence-electron chi connectivity index (χ3n) is 7.53. The number of carboxylic acid groups (broad SMARTS) is 1. The van der Waals surface area contributed by atoms with Crippen molar-refractivity contribution in [3.8, 4) is 0 Å². The minimum absolute atomic E-state index is 0.00785. The lowest BCUT2D eigenvalue weighted by Crippen LogP contribution is -2.37. The molecule has 1 amide bonds. The fourth-order valence-corrected chi connectivity index (χ4v) is 6.25. The number of halogens is 10. The molecule has 1 aliphatic rings. The zero-order valence-corrected chi connectivity index (χ0v) is 25.1. The second-order valence-electron chi connectivity index (χ2n) is 10.8. The van der Waals surface area contributed by atoms with E-state index in [1.165, 1.54) is 12.1 Å². The highest BCUT2D eigenvalue weighted by Gasteiger charge is 2.44. The van der Waals surface area contributed by atoms with Crippen LogP contribution in [0.25, 0.3) is 0 Å². The first kappa shape index (κ1) is 35.1. The number of aromatic nitrogens is 2. The molecule has 0 unspecified atom stereocenters. The van der Waals surface area contributed by atoms with Crippen LogP contribution in [-0.4, -0.2) is 44.0 Å². The molecule has 46 heavy (non-hydrogen) atoms. The highest BCUT2D eigenvalue weighted by atomic mass is 35.5. The van der Waals surface area contributed by atoms with Crippen LogP contribution in [0.15, 0.2) is 30.5 Å². The number of Topliss-reactive ketones (excluding diaryl/α,β-unsaturated/α-hetero) is 1. The van der Waals surface area contributed by atoms with Crippen molar-refractivity contribution in [3.63, 3.8) is 0 Å². The standard InChI is InChI=1S/C29H23Cl2F8N3O4/c1-13-6-18(30)23(19(31)7-13)22(43)12-41(11-14-8-20(32)24(21(33)9-14)28(34,35)36)26(44)17-10-40-42(25(17)29(37,38)39)16-4-2-15(3-5-16)27(45)46/h6-10,15-16H,2-5,11-12H2,1H3,(H,45,46). The summed E-state index contributed by atoms with van der Waals surface area (Å²) in [4.78, 5) is 38.8. The van der Waals surface area contributed by atoms with Crippen LogP contribution < -0.4 is 0 Å². The molecule has 1 heterocycles. The molecule has 0 radical (unpaired) electrons. The third kappa shape index (κ3) is 7.46. The van der Waals surface area contributed by atoms with Gasteiger partial charge in [0.2, 0.25) is 0 Å². The molecule has 0 saturated heterocycles. The number of benzene rings is 2. The number of carbonyl (C=O) groups excluding carboxylic acids is 2. The molecular weight excluding hydrogens is 677 g/mol. The van der Waals surface area contributed by atoms with Crippen LogP contribution >= 0.6 is 23.2 Å². The number of hydrogen-bond donors (Lipinski definition) is 1. The van der Waals surface area contributed by atoms with Crippen LogP contribution in [0.5, 0.6) is 0 Å². The summed E-state index contributed by atoms with van der Waals surface area (Å²) in [6, 6.07) is 2.25. The number of alkyl halides is 6. The summed E-state index contributed by atoms with van der Waals surface area (Å²) in [6.07, 6.45) is -9.95. The Hall–Kier alpha value is -3.72. The van der Waals surface area contributed by atoms with E-state index in [2.05, 4.69) is 5.10 Å². The monoisotopic (exact) mass is 699 g/mol. The van der Waals surface area contributed by atoms with Gasteiger partial charge in [-0.3, -0.25) is 19.1 Å². The molecule has 0 spiro atoms. The first-order valence-electron chi connectivity index (χ1n) is 13.5. The van der Waals surface area contributed by atoms with Gasteiger partial charge in [0, 0.05) is 6.54 Å². The predicted molar refractivity (Wildman–Crippen MR) is 147 cm³/mol. The van der Waals surface area contributed by atoms with Crippen LogP contribution in [0, 0.1) is 24.5 Å². The number of rotatable bonds is 8. The average Bonchev–Trinajstić information content (AvgIpc) is 3.37. The average molecular weight is 700 g/mol. The van der Waals surface area contributed by atoms with Gasteiger partial charge in [-0.2, -0.15) is 31.4 Å². The van der Waals surface area contributed by atoms with Gasteiger partial charge in [-0.05, 0) is 68.0 Å². The lowest BCUT2D eigenvalue weighted by Gasteiger charge is -2.28. The molecule has 4 rings (SSSR count). The topological polar surface area (TPSA) is 92.5 Å². The van der Waals surface area contributed by atoms with Gasteiger partial charge in [0.25, 0.3) is 5.91 Å². The van der Waals surface area contributed by atoms with Gasteiger partial charge in [0.15, 0.2) is 11.5 Å². The lowest BCUT2D eigenvalue weighted by atomic mass is 9.86. The Morgan fingerprint density at radius 3 is 1.96 bits per heavy atom. The van der Waals surface area contributed by atoms with Crippen molar-refractivity contribution in [2.24, 2.45) is 5.92 Å². The third-order valence-corrected chi connectivity index (χ3v) is 8.13. The molecule has 3 aromatic rings. The highest BCUT2D eigenvalue weighted by Crippen LogP contribution is 2.40. The number of amides is 1. The van der Waals surface area contributed by atoms with E-state index in [4.69, 9.17) is 23.2 Å². The van der Waals surface area contributed by atoms with E-state index < -0.39 is 89.1 Å². The molecule has 1 fully saturated rings. The Labute approximate surface area is 265 Å². The maximum absolute atomic E-state index is 14.5. The van der Waals surface area contributed by atoms with Gasteiger partial charge in [-0.1, -0.05) is 23.2 Å². The van der Waals surface area contributed by atoms with Crippen molar-refractivity contribution < 1.29 is 54.6 Å². The Kier molecular flexibility index (Phi) is 10.1. The quantitative estimate of drug-likeness (QED) is 0.189. The van der Waals surface area contributed by atoms with E-state index in [-0.39, 0.29) is 53.4 Å². The largest absolute Gasteiger partial charge is 0.481 e. The van der Waals surface area contributed by atoms with Gasteiger partial charge >= 0.3 is 18.3 Å². The van der Waals surface area contributed by atoms with Crippen LogP contribution in [0.4, 0.5) is 35.1 Å². The number of aliphatic carboxylic acids is 1. The van der Waals surface area contributed by atoms with Crippen molar-refractivity contribution in [2.45, 2.75) is 57.5 Å². The highest BCUT2D eigenvalue weighted by molar-refractivity contribution is 6.40. The van der Waals surface area contributed by atoms with Crippen LogP contribution in [0.1, 0.15) is 74.8 Å². The predicted octanol–water partition coefficient (Wildman–Crippen LogP) is 8.16. The molecule has 17 heteroatoms. The summed E-state index contributed by atoms with van der Waals surface area (Å²) in [7, 11) is 0. The molecule has 7 nitrogen and oxygen atoms in total. The summed E-state index contributed by atoms with van der Waals surface area (Å²) in [5.41, 5.74) is -5.20. The summed E-state index contributed by atoms with van der Waals surface area (Å²) < 4.78 is 112. The fourth-order valence-electron chi connectivity index (χ4n) is 5.44. The van der Waals surface area contributed by atoms with E-state index in [1.54, 1.807) is 6.92 Å². The lowest BCUT2D eigenvalue weighted by molar-refractivity contribution is -0.147. The van der Waals surface area contributed by atoms with Crippen molar-refractivity contribution >= 4 is 40.9 Å². The van der Waals surface area contributed by atoms with E-state index in [1.807, 2.05) is 0 Å². The number of nitrogens with zero attached hydrogens (tertiary/aromatic N) is 3. The molecule has 2 aromatic carbocycles. The van der Waals surface area contributed by atoms with Gasteiger partial charge < -0.3 is 10.0 Å². The second kappa shape index (κ2) is 13.2. The number of carboxylic acids is 1. The van der Waals surface area contributed by atoms with E-state index in [0.717, 1.165) is 0 Å². The minimum Gasteiger partial charge on any atom is -0.481 e. The van der Waals surface area contributed by atoms with Crippen LogP contribution in [0.2, 0.25) is 10.0 Å². The normalized spacial score (nSPS) is 17.2. The van der Waals surface area contributed by atoms with Gasteiger partial charge in [0.05, 0.1) is 45.9 Å². The van der Waals surface area contributed by atoms with Crippen molar-refractivity contribution in [1.82, 2.24) is 14.7 Å². The molecule has 0 bridgehead atoms. The number of hydrogen-bond acceptors (Lipinski definition) is 4.